The van der Waals surface area contributed by atoms with Crippen LogP contribution in [0.3, 0.4) is 0 Å². The summed E-state index contributed by atoms with van der Waals surface area (Å²) in [6, 6.07) is 11.3. The Hall–Kier alpha value is -2.93. The standard InChI is InChI=1S/C28H38N6O/c1-4-25-32-26-19(2)17-20(3)30-27(26)34(25)18-21-5-9-23(10-6-21)31-24-11-7-22(8-12-24)28(35)33-15-13-29-14-16-33/h5-6,9-10,17,22,24,29,31H,4,7-8,11-16,18H2,1-3H3. The third kappa shape index (κ3) is 5.20. The van der Waals surface area contributed by atoms with Gasteiger partial charge in [-0.15, -0.1) is 0 Å². The van der Waals surface area contributed by atoms with Crippen LogP contribution in [0.1, 0.15) is 55.3 Å². The fourth-order valence-electron chi connectivity index (χ4n) is 5.64. The second-order valence-corrected chi connectivity index (χ2v) is 10.2. The summed E-state index contributed by atoms with van der Waals surface area (Å²) in [6.07, 6.45) is 4.95. The van der Waals surface area contributed by atoms with Gasteiger partial charge in [-0.25, -0.2) is 9.97 Å². The average Bonchev–Trinajstić information content (AvgIpc) is 3.23. The second-order valence-electron chi connectivity index (χ2n) is 10.2. The predicted octanol–water partition coefficient (Wildman–Crippen LogP) is 4.06. The maximum absolute atomic E-state index is 12.8. The molecule has 2 fully saturated rings. The number of carbonyl (C=O) groups is 1. The number of benzene rings is 1. The zero-order valence-corrected chi connectivity index (χ0v) is 21.3. The van der Waals surface area contributed by atoms with E-state index in [1.807, 2.05) is 6.92 Å². The molecule has 1 amide bonds. The number of amides is 1. The first-order chi connectivity index (χ1) is 17.0. The molecule has 0 spiro atoms. The van der Waals surface area contributed by atoms with Gasteiger partial charge in [0.25, 0.3) is 0 Å². The molecule has 186 valence electrons. The predicted molar refractivity (Wildman–Crippen MR) is 141 cm³/mol. The van der Waals surface area contributed by atoms with Crippen LogP contribution in [-0.4, -0.2) is 57.6 Å². The average molecular weight is 475 g/mol. The molecule has 3 aromatic rings. The Morgan fingerprint density at radius 1 is 1.06 bits per heavy atom. The minimum Gasteiger partial charge on any atom is -0.382 e. The molecule has 2 N–H and O–H groups in total. The monoisotopic (exact) mass is 474 g/mol. The first-order valence-electron chi connectivity index (χ1n) is 13.2. The summed E-state index contributed by atoms with van der Waals surface area (Å²) < 4.78 is 2.26. The van der Waals surface area contributed by atoms with Gasteiger partial charge in [0.2, 0.25) is 5.91 Å². The largest absolute Gasteiger partial charge is 0.382 e. The molecule has 0 atom stereocenters. The van der Waals surface area contributed by atoms with E-state index in [1.165, 1.54) is 11.1 Å². The minimum atomic E-state index is 0.201. The van der Waals surface area contributed by atoms with Gasteiger partial charge in [0.05, 0.1) is 6.54 Å². The number of rotatable bonds is 6. The van der Waals surface area contributed by atoms with Crippen molar-refractivity contribution in [2.24, 2.45) is 5.92 Å². The van der Waals surface area contributed by atoms with Crippen LogP contribution in [0.15, 0.2) is 30.3 Å². The highest BCUT2D eigenvalue weighted by atomic mass is 16.2. The van der Waals surface area contributed by atoms with Crippen molar-refractivity contribution in [2.75, 3.05) is 31.5 Å². The maximum atomic E-state index is 12.8. The summed E-state index contributed by atoms with van der Waals surface area (Å²) in [5, 5.41) is 7.04. The number of nitrogens with one attached hydrogen (secondary N) is 2. The van der Waals surface area contributed by atoms with E-state index in [0.29, 0.717) is 11.9 Å². The van der Waals surface area contributed by atoms with Gasteiger partial charge < -0.3 is 20.1 Å². The van der Waals surface area contributed by atoms with Crippen LogP contribution in [-0.2, 0) is 17.8 Å². The number of aryl methyl sites for hydroxylation is 3. The summed E-state index contributed by atoms with van der Waals surface area (Å²) in [7, 11) is 0. The summed E-state index contributed by atoms with van der Waals surface area (Å²) in [6.45, 7) is 10.6. The second kappa shape index (κ2) is 10.4. The molecule has 0 unspecified atom stereocenters. The number of hydrogen-bond donors (Lipinski definition) is 2. The molecule has 0 radical (unpaired) electrons. The normalized spacial score (nSPS) is 20.8. The van der Waals surface area contributed by atoms with E-state index in [9.17, 15) is 4.79 Å². The number of hydrogen-bond acceptors (Lipinski definition) is 5. The van der Waals surface area contributed by atoms with Crippen LogP contribution in [0.5, 0.6) is 0 Å². The van der Waals surface area contributed by atoms with Crippen molar-refractivity contribution >= 4 is 22.8 Å². The summed E-state index contributed by atoms with van der Waals surface area (Å²) in [5.74, 6) is 1.65. The lowest BCUT2D eigenvalue weighted by Crippen LogP contribution is -2.49. The first kappa shape index (κ1) is 23.8. The SMILES string of the molecule is CCc1nc2c(C)cc(C)nc2n1Cc1ccc(NC2CCC(C(=O)N3CCNCC3)CC2)cc1. The Labute approximate surface area is 208 Å². The molecule has 1 saturated carbocycles. The highest BCUT2D eigenvalue weighted by Crippen LogP contribution is 2.29. The van der Waals surface area contributed by atoms with E-state index >= 15 is 0 Å². The molecule has 2 aromatic heterocycles. The molecule has 1 saturated heterocycles. The van der Waals surface area contributed by atoms with Crippen LogP contribution in [0, 0.1) is 19.8 Å². The van der Waals surface area contributed by atoms with E-state index < -0.39 is 0 Å². The number of pyridine rings is 1. The number of imidazole rings is 1. The lowest BCUT2D eigenvalue weighted by atomic mass is 9.85. The van der Waals surface area contributed by atoms with Gasteiger partial charge in [-0.1, -0.05) is 19.1 Å². The molecule has 3 heterocycles. The lowest BCUT2D eigenvalue weighted by molar-refractivity contribution is -0.137. The minimum absolute atomic E-state index is 0.201. The number of aromatic nitrogens is 3. The third-order valence-corrected chi connectivity index (χ3v) is 7.59. The lowest BCUT2D eigenvalue weighted by Gasteiger charge is -2.34. The Kier molecular flexibility index (Phi) is 7.04. The smallest absolute Gasteiger partial charge is 0.225 e. The van der Waals surface area contributed by atoms with E-state index in [2.05, 4.69) is 64.3 Å². The number of anilines is 1. The zero-order chi connectivity index (χ0) is 24.4. The Balaban J connectivity index is 1.19. The van der Waals surface area contributed by atoms with Gasteiger partial charge in [-0.2, -0.15) is 0 Å². The molecule has 35 heavy (non-hydrogen) atoms. The number of piperazine rings is 1. The number of nitrogens with zero attached hydrogens (tertiary/aromatic N) is 4. The van der Waals surface area contributed by atoms with Crippen molar-refractivity contribution in [3.63, 3.8) is 0 Å². The van der Waals surface area contributed by atoms with E-state index in [-0.39, 0.29) is 5.92 Å². The van der Waals surface area contributed by atoms with Gasteiger partial charge in [-0.3, -0.25) is 4.79 Å². The van der Waals surface area contributed by atoms with Crippen molar-refractivity contribution < 1.29 is 4.79 Å². The topological polar surface area (TPSA) is 75.1 Å². The van der Waals surface area contributed by atoms with Gasteiger partial charge in [0, 0.05) is 55.9 Å². The Morgan fingerprint density at radius 3 is 2.46 bits per heavy atom. The molecule has 2 aliphatic rings. The van der Waals surface area contributed by atoms with E-state index in [1.54, 1.807) is 0 Å². The van der Waals surface area contributed by atoms with Gasteiger partial charge in [0.1, 0.15) is 11.3 Å². The van der Waals surface area contributed by atoms with Crippen LogP contribution < -0.4 is 10.6 Å². The van der Waals surface area contributed by atoms with Crippen molar-refractivity contribution in [3.8, 4) is 0 Å². The quantitative estimate of drug-likeness (QED) is 0.564. The summed E-state index contributed by atoms with van der Waals surface area (Å²) in [4.78, 5) is 24.5. The summed E-state index contributed by atoms with van der Waals surface area (Å²) in [5.41, 5.74) is 6.61. The Bertz CT molecular complexity index is 1170. The summed E-state index contributed by atoms with van der Waals surface area (Å²) >= 11 is 0. The third-order valence-electron chi connectivity index (χ3n) is 7.59. The Morgan fingerprint density at radius 2 is 1.77 bits per heavy atom. The molecule has 7 nitrogen and oxygen atoms in total. The molecule has 1 aliphatic heterocycles. The highest BCUT2D eigenvalue weighted by molar-refractivity contribution is 5.79. The van der Waals surface area contributed by atoms with Crippen molar-refractivity contribution in [1.29, 1.82) is 0 Å². The number of carbonyl (C=O) groups excluding carboxylic acids is 1. The molecule has 1 aromatic carbocycles. The van der Waals surface area contributed by atoms with Crippen LogP contribution in [0.25, 0.3) is 11.2 Å². The molecular weight excluding hydrogens is 436 g/mol. The van der Waals surface area contributed by atoms with E-state index in [4.69, 9.17) is 9.97 Å². The number of fused-ring (bicyclic) bond motifs is 1. The highest BCUT2D eigenvalue weighted by Gasteiger charge is 2.30. The van der Waals surface area contributed by atoms with Crippen molar-refractivity contribution in [3.05, 3.63) is 53.0 Å². The van der Waals surface area contributed by atoms with Gasteiger partial charge in [0.15, 0.2) is 5.65 Å². The van der Waals surface area contributed by atoms with Gasteiger partial charge >= 0.3 is 0 Å². The van der Waals surface area contributed by atoms with Crippen LogP contribution in [0.2, 0.25) is 0 Å². The molecule has 1 aliphatic carbocycles. The molecule has 7 heteroatoms. The van der Waals surface area contributed by atoms with Gasteiger partial charge in [-0.05, 0) is 68.9 Å². The zero-order valence-electron chi connectivity index (χ0n) is 21.3. The van der Waals surface area contributed by atoms with Crippen LogP contribution in [0.4, 0.5) is 5.69 Å². The van der Waals surface area contributed by atoms with E-state index in [0.717, 1.165) is 93.2 Å². The first-order valence-corrected chi connectivity index (χ1v) is 13.2. The molecule has 5 rings (SSSR count). The fourth-order valence-corrected chi connectivity index (χ4v) is 5.64. The fraction of sp³-hybridized carbons (Fsp3) is 0.536. The van der Waals surface area contributed by atoms with Crippen molar-refractivity contribution in [2.45, 2.75) is 65.5 Å². The molecular formula is C28H38N6O. The maximum Gasteiger partial charge on any atom is 0.225 e. The van der Waals surface area contributed by atoms with Crippen LogP contribution >= 0.6 is 0 Å². The van der Waals surface area contributed by atoms with Crippen molar-refractivity contribution in [1.82, 2.24) is 24.8 Å². The molecule has 0 bridgehead atoms.